The van der Waals surface area contributed by atoms with E-state index in [-0.39, 0.29) is 0 Å². The normalized spacial score (nSPS) is 11.2. The molecule has 0 spiro atoms. The van der Waals surface area contributed by atoms with Gasteiger partial charge in [0.2, 0.25) is 0 Å². The van der Waals surface area contributed by atoms with Crippen LogP contribution in [-0.4, -0.2) is 20.8 Å². The zero-order valence-corrected chi connectivity index (χ0v) is 13.4. The molecule has 1 N–H and O–H groups in total. The van der Waals surface area contributed by atoms with Crippen LogP contribution in [-0.2, 0) is 19.3 Å². The van der Waals surface area contributed by atoms with Gasteiger partial charge in [-0.3, -0.25) is 0 Å². The predicted octanol–water partition coefficient (Wildman–Crippen LogP) is 2.91. The van der Waals surface area contributed by atoms with Gasteiger partial charge in [0.1, 0.15) is 11.6 Å². The Kier molecular flexibility index (Phi) is 5.20. The van der Waals surface area contributed by atoms with Crippen LogP contribution in [0.2, 0.25) is 0 Å². The van der Waals surface area contributed by atoms with E-state index in [1.54, 1.807) is 11.8 Å². The van der Waals surface area contributed by atoms with Crippen LogP contribution in [0.25, 0.3) is 0 Å². The standard InChI is InChI=1S/C15H22N4S/c1-11(2)16-9-13-5-7-14(8-6-13)20-10-15-18-17-12(3)19(15)4/h5-8,11,16H,9-10H2,1-4H3. The summed E-state index contributed by atoms with van der Waals surface area (Å²) in [6, 6.07) is 9.22. The molecule has 0 aliphatic rings. The van der Waals surface area contributed by atoms with E-state index in [0.29, 0.717) is 6.04 Å². The maximum absolute atomic E-state index is 4.18. The lowest BCUT2D eigenvalue weighted by Gasteiger charge is -2.08. The van der Waals surface area contributed by atoms with Gasteiger partial charge in [0.05, 0.1) is 5.75 Å². The zero-order chi connectivity index (χ0) is 14.5. The van der Waals surface area contributed by atoms with Gasteiger partial charge in [-0.25, -0.2) is 0 Å². The molecule has 5 heteroatoms. The second-order valence-electron chi connectivity index (χ2n) is 5.19. The molecule has 20 heavy (non-hydrogen) atoms. The van der Waals surface area contributed by atoms with E-state index < -0.39 is 0 Å². The molecule has 0 saturated carbocycles. The van der Waals surface area contributed by atoms with Gasteiger partial charge in [-0.05, 0) is 24.6 Å². The Hall–Kier alpha value is -1.33. The molecule has 0 amide bonds. The van der Waals surface area contributed by atoms with Crippen LogP contribution in [0.15, 0.2) is 29.2 Å². The highest BCUT2D eigenvalue weighted by Gasteiger charge is 2.05. The maximum Gasteiger partial charge on any atom is 0.143 e. The van der Waals surface area contributed by atoms with Crippen molar-refractivity contribution in [2.45, 2.75) is 44.0 Å². The van der Waals surface area contributed by atoms with E-state index >= 15 is 0 Å². The lowest BCUT2D eigenvalue weighted by atomic mass is 10.2. The van der Waals surface area contributed by atoms with E-state index in [1.165, 1.54) is 10.5 Å². The first-order valence-corrected chi connectivity index (χ1v) is 7.85. The van der Waals surface area contributed by atoms with Crippen LogP contribution in [0.4, 0.5) is 0 Å². The lowest BCUT2D eigenvalue weighted by Crippen LogP contribution is -2.21. The fourth-order valence-electron chi connectivity index (χ4n) is 1.75. The molecular weight excluding hydrogens is 268 g/mol. The molecule has 0 aliphatic heterocycles. The molecule has 4 nitrogen and oxygen atoms in total. The number of rotatable bonds is 6. The second-order valence-corrected chi connectivity index (χ2v) is 6.24. The van der Waals surface area contributed by atoms with E-state index in [0.717, 1.165) is 23.9 Å². The number of benzene rings is 1. The smallest absolute Gasteiger partial charge is 0.143 e. The van der Waals surface area contributed by atoms with Gasteiger partial charge in [-0.2, -0.15) is 0 Å². The molecule has 0 bridgehead atoms. The van der Waals surface area contributed by atoms with Crippen molar-refractivity contribution < 1.29 is 0 Å². The Morgan fingerprint density at radius 1 is 1.20 bits per heavy atom. The Labute approximate surface area is 125 Å². The maximum atomic E-state index is 4.18. The number of aryl methyl sites for hydroxylation is 1. The van der Waals surface area contributed by atoms with Gasteiger partial charge in [-0.15, -0.1) is 22.0 Å². The average Bonchev–Trinajstić information content (AvgIpc) is 2.75. The lowest BCUT2D eigenvalue weighted by molar-refractivity contribution is 0.588. The topological polar surface area (TPSA) is 42.7 Å². The van der Waals surface area contributed by atoms with Crippen molar-refractivity contribution in [1.29, 1.82) is 0 Å². The highest BCUT2D eigenvalue weighted by Crippen LogP contribution is 2.22. The Morgan fingerprint density at radius 3 is 2.45 bits per heavy atom. The van der Waals surface area contributed by atoms with Crippen LogP contribution < -0.4 is 5.32 Å². The van der Waals surface area contributed by atoms with Crippen molar-refractivity contribution in [3.05, 3.63) is 41.5 Å². The quantitative estimate of drug-likeness (QED) is 0.831. The first-order valence-electron chi connectivity index (χ1n) is 6.86. The van der Waals surface area contributed by atoms with Crippen molar-refractivity contribution in [3.8, 4) is 0 Å². The number of nitrogens with zero attached hydrogens (tertiary/aromatic N) is 3. The SMILES string of the molecule is Cc1nnc(CSc2ccc(CNC(C)C)cc2)n1C. The third-order valence-electron chi connectivity index (χ3n) is 3.19. The number of hydrogen-bond acceptors (Lipinski definition) is 4. The Balaban J connectivity index is 1.89. The van der Waals surface area contributed by atoms with Crippen molar-refractivity contribution >= 4 is 11.8 Å². The summed E-state index contributed by atoms with van der Waals surface area (Å²) >= 11 is 1.79. The van der Waals surface area contributed by atoms with Crippen LogP contribution in [0, 0.1) is 6.92 Å². The summed E-state index contributed by atoms with van der Waals surface area (Å²) in [5.74, 6) is 2.81. The number of aromatic nitrogens is 3. The van der Waals surface area contributed by atoms with Gasteiger partial charge >= 0.3 is 0 Å². The van der Waals surface area contributed by atoms with Crippen molar-refractivity contribution in [1.82, 2.24) is 20.1 Å². The molecule has 0 aliphatic carbocycles. The molecule has 108 valence electrons. The molecular formula is C15H22N4S. The van der Waals surface area contributed by atoms with E-state index in [9.17, 15) is 0 Å². The summed E-state index contributed by atoms with van der Waals surface area (Å²) in [7, 11) is 2.01. The molecule has 0 radical (unpaired) electrons. The summed E-state index contributed by atoms with van der Waals surface area (Å²) < 4.78 is 2.04. The van der Waals surface area contributed by atoms with Crippen LogP contribution in [0.3, 0.4) is 0 Å². The molecule has 0 saturated heterocycles. The summed E-state index contributed by atoms with van der Waals surface area (Å²) in [5.41, 5.74) is 1.32. The molecule has 1 aromatic carbocycles. The van der Waals surface area contributed by atoms with E-state index in [4.69, 9.17) is 0 Å². The third-order valence-corrected chi connectivity index (χ3v) is 4.20. The van der Waals surface area contributed by atoms with Crippen molar-refractivity contribution in [2.24, 2.45) is 7.05 Å². The highest BCUT2D eigenvalue weighted by molar-refractivity contribution is 7.98. The second kappa shape index (κ2) is 6.90. The van der Waals surface area contributed by atoms with Gasteiger partial charge in [0, 0.05) is 24.5 Å². The van der Waals surface area contributed by atoms with E-state index in [2.05, 4.69) is 53.6 Å². The zero-order valence-electron chi connectivity index (χ0n) is 12.6. The minimum Gasteiger partial charge on any atom is -0.318 e. The van der Waals surface area contributed by atoms with Gasteiger partial charge < -0.3 is 9.88 Å². The van der Waals surface area contributed by atoms with Gasteiger partial charge in [0.15, 0.2) is 0 Å². The first kappa shape index (κ1) is 15.1. The predicted molar refractivity (Wildman–Crippen MR) is 83.7 cm³/mol. The van der Waals surface area contributed by atoms with Crippen LogP contribution >= 0.6 is 11.8 Å². The molecule has 2 aromatic rings. The van der Waals surface area contributed by atoms with Crippen molar-refractivity contribution in [2.75, 3.05) is 0 Å². The summed E-state index contributed by atoms with van der Waals surface area (Å²) in [6.07, 6.45) is 0. The molecule has 1 heterocycles. The van der Waals surface area contributed by atoms with Gasteiger partial charge in [0.25, 0.3) is 0 Å². The third kappa shape index (κ3) is 4.08. The summed E-state index contributed by atoms with van der Waals surface area (Å²) in [6.45, 7) is 7.21. The minimum absolute atomic E-state index is 0.517. The largest absolute Gasteiger partial charge is 0.318 e. The Morgan fingerprint density at radius 2 is 1.90 bits per heavy atom. The first-order chi connectivity index (χ1) is 9.56. The fourth-order valence-corrected chi connectivity index (χ4v) is 2.63. The van der Waals surface area contributed by atoms with Crippen LogP contribution in [0.1, 0.15) is 31.1 Å². The molecule has 0 unspecified atom stereocenters. The monoisotopic (exact) mass is 290 g/mol. The molecule has 2 rings (SSSR count). The van der Waals surface area contributed by atoms with Crippen molar-refractivity contribution in [3.63, 3.8) is 0 Å². The molecule has 1 aromatic heterocycles. The van der Waals surface area contributed by atoms with Crippen LogP contribution in [0.5, 0.6) is 0 Å². The molecule has 0 atom stereocenters. The minimum atomic E-state index is 0.517. The fraction of sp³-hybridized carbons (Fsp3) is 0.467. The summed E-state index contributed by atoms with van der Waals surface area (Å²) in [5, 5.41) is 11.7. The number of thioether (sulfide) groups is 1. The number of nitrogens with one attached hydrogen (secondary N) is 1. The highest BCUT2D eigenvalue weighted by atomic mass is 32.2. The summed E-state index contributed by atoms with van der Waals surface area (Å²) in [4.78, 5) is 1.26. The van der Waals surface area contributed by atoms with E-state index in [1.807, 2.05) is 18.5 Å². The molecule has 0 fully saturated rings. The van der Waals surface area contributed by atoms with Gasteiger partial charge in [-0.1, -0.05) is 26.0 Å². The average molecular weight is 290 g/mol. The Bertz CT molecular complexity index is 546. The number of hydrogen-bond donors (Lipinski definition) is 1.